The van der Waals surface area contributed by atoms with Gasteiger partial charge in [-0.05, 0) is 29.8 Å². The third-order valence-electron chi connectivity index (χ3n) is 3.17. The molecule has 0 aliphatic heterocycles. The van der Waals surface area contributed by atoms with Crippen LogP contribution in [0.5, 0.6) is 0 Å². The maximum atomic E-state index is 12.1. The summed E-state index contributed by atoms with van der Waals surface area (Å²) in [7, 11) is 0. The first-order chi connectivity index (χ1) is 11.1. The van der Waals surface area contributed by atoms with Crippen molar-refractivity contribution in [1.29, 1.82) is 0 Å². The van der Waals surface area contributed by atoms with Crippen molar-refractivity contribution in [2.24, 2.45) is 0 Å². The Morgan fingerprint density at radius 2 is 1.87 bits per heavy atom. The van der Waals surface area contributed by atoms with Crippen LogP contribution in [0.15, 0.2) is 54.7 Å². The molecule has 0 atom stereocenters. The van der Waals surface area contributed by atoms with Crippen molar-refractivity contribution in [3.05, 3.63) is 80.8 Å². The van der Waals surface area contributed by atoms with Gasteiger partial charge in [0.1, 0.15) is 0 Å². The van der Waals surface area contributed by atoms with Crippen LogP contribution in [0.1, 0.15) is 20.8 Å². The third-order valence-corrected chi connectivity index (χ3v) is 4.82. The van der Waals surface area contributed by atoms with Gasteiger partial charge in [0.15, 0.2) is 5.13 Å². The molecule has 0 radical (unpaired) electrons. The molecule has 0 aliphatic carbocycles. The van der Waals surface area contributed by atoms with Gasteiger partial charge in [-0.3, -0.25) is 10.1 Å². The Morgan fingerprint density at radius 1 is 1.09 bits per heavy atom. The number of benzene rings is 2. The Hall–Kier alpha value is -1.88. The van der Waals surface area contributed by atoms with Crippen LogP contribution in [0.25, 0.3) is 0 Å². The molecule has 0 saturated heterocycles. The number of carbonyl (C=O) groups excluding carboxylic acids is 1. The summed E-state index contributed by atoms with van der Waals surface area (Å²) in [5.41, 5.74) is 1.65. The standard InChI is InChI=1S/C17H12Cl2N2OS/c18-14-7-6-11(9-15(14)19)8-13-10-20-17(23-13)21-16(22)12-4-2-1-3-5-12/h1-7,9-10H,8H2,(H,20,21,22). The van der Waals surface area contributed by atoms with E-state index in [1.807, 2.05) is 30.3 Å². The molecule has 0 bridgehead atoms. The summed E-state index contributed by atoms with van der Waals surface area (Å²) in [6.07, 6.45) is 2.45. The van der Waals surface area contributed by atoms with Crippen LogP contribution in [-0.2, 0) is 6.42 Å². The zero-order chi connectivity index (χ0) is 16.2. The van der Waals surface area contributed by atoms with Gasteiger partial charge in [-0.2, -0.15) is 0 Å². The fraction of sp³-hybridized carbons (Fsp3) is 0.0588. The first-order valence-corrected chi connectivity index (χ1v) is 8.44. The molecule has 0 spiro atoms. The minimum Gasteiger partial charge on any atom is -0.298 e. The summed E-state index contributed by atoms with van der Waals surface area (Å²) in [4.78, 5) is 17.4. The highest BCUT2D eigenvalue weighted by Gasteiger charge is 2.09. The second-order valence-electron chi connectivity index (χ2n) is 4.88. The fourth-order valence-electron chi connectivity index (χ4n) is 2.06. The molecule has 0 aliphatic rings. The molecule has 6 heteroatoms. The van der Waals surface area contributed by atoms with Crippen molar-refractivity contribution < 1.29 is 4.79 Å². The van der Waals surface area contributed by atoms with Gasteiger partial charge in [0, 0.05) is 23.1 Å². The Kier molecular flexibility index (Phi) is 4.96. The first kappa shape index (κ1) is 16.0. The molecule has 116 valence electrons. The molecule has 1 amide bonds. The molecule has 3 rings (SSSR count). The van der Waals surface area contributed by atoms with Crippen LogP contribution in [-0.4, -0.2) is 10.9 Å². The van der Waals surface area contributed by atoms with E-state index in [0.29, 0.717) is 27.2 Å². The van der Waals surface area contributed by atoms with Crippen molar-refractivity contribution in [2.45, 2.75) is 6.42 Å². The maximum Gasteiger partial charge on any atom is 0.257 e. The monoisotopic (exact) mass is 362 g/mol. The van der Waals surface area contributed by atoms with Gasteiger partial charge in [0.25, 0.3) is 5.91 Å². The van der Waals surface area contributed by atoms with Crippen LogP contribution in [0.4, 0.5) is 5.13 Å². The number of nitrogens with zero attached hydrogens (tertiary/aromatic N) is 1. The second-order valence-corrected chi connectivity index (χ2v) is 6.81. The lowest BCUT2D eigenvalue weighted by atomic mass is 10.1. The van der Waals surface area contributed by atoms with Crippen molar-refractivity contribution in [2.75, 3.05) is 5.32 Å². The maximum absolute atomic E-state index is 12.1. The molecule has 0 fully saturated rings. The zero-order valence-electron chi connectivity index (χ0n) is 11.9. The smallest absolute Gasteiger partial charge is 0.257 e. The van der Waals surface area contributed by atoms with Crippen LogP contribution in [0.3, 0.4) is 0 Å². The predicted molar refractivity (Wildman–Crippen MR) is 95.8 cm³/mol. The van der Waals surface area contributed by atoms with E-state index in [9.17, 15) is 4.79 Å². The molecule has 1 heterocycles. The number of halogens is 2. The van der Waals surface area contributed by atoms with Crippen LogP contribution < -0.4 is 5.32 Å². The number of nitrogens with one attached hydrogen (secondary N) is 1. The molecular formula is C17H12Cl2N2OS. The molecule has 3 nitrogen and oxygen atoms in total. The van der Waals surface area contributed by atoms with E-state index < -0.39 is 0 Å². The fourth-order valence-corrected chi connectivity index (χ4v) is 3.22. The van der Waals surface area contributed by atoms with Crippen molar-refractivity contribution in [1.82, 2.24) is 4.98 Å². The number of rotatable bonds is 4. The second kappa shape index (κ2) is 7.13. The van der Waals surface area contributed by atoms with Gasteiger partial charge in [-0.1, -0.05) is 47.5 Å². The Bertz CT molecular complexity index is 834. The average Bonchev–Trinajstić information content (AvgIpc) is 2.99. The van der Waals surface area contributed by atoms with Gasteiger partial charge >= 0.3 is 0 Å². The van der Waals surface area contributed by atoms with Crippen LogP contribution in [0, 0.1) is 0 Å². The number of carbonyl (C=O) groups is 1. The highest BCUT2D eigenvalue weighted by molar-refractivity contribution is 7.15. The third kappa shape index (κ3) is 4.10. The number of hydrogen-bond donors (Lipinski definition) is 1. The molecule has 0 unspecified atom stereocenters. The van der Waals surface area contributed by atoms with Crippen molar-refractivity contribution >= 4 is 45.6 Å². The van der Waals surface area contributed by atoms with E-state index in [4.69, 9.17) is 23.2 Å². The summed E-state index contributed by atoms with van der Waals surface area (Å²) in [6.45, 7) is 0. The average molecular weight is 363 g/mol. The minimum absolute atomic E-state index is 0.166. The van der Waals surface area contributed by atoms with E-state index in [1.165, 1.54) is 11.3 Å². The van der Waals surface area contributed by atoms with E-state index >= 15 is 0 Å². The molecule has 1 aromatic heterocycles. The Morgan fingerprint density at radius 3 is 2.61 bits per heavy atom. The van der Waals surface area contributed by atoms with Gasteiger partial charge in [-0.25, -0.2) is 4.98 Å². The van der Waals surface area contributed by atoms with Gasteiger partial charge in [0.2, 0.25) is 0 Å². The molecule has 0 saturated carbocycles. The molecular weight excluding hydrogens is 351 g/mol. The highest BCUT2D eigenvalue weighted by Crippen LogP contribution is 2.26. The first-order valence-electron chi connectivity index (χ1n) is 6.87. The van der Waals surface area contributed by atoms with Gasteiger partial charge in [-0.15, -0.1) is 11.3 Å². The van der Waals surface area contributed by atoms with Crippen molar-refractivity contribution in [3.63, 3.8) is 0 Å². The number of anilines is 1. The lowest BCUT2D eigenvalue weighted by Gasteiger charge is -2.01. The van der Waals surface area contributed by atoms with E-state index in [2.05, 4.69) is 10.3 Å². The normalized spacial score (nSPS) is 10.5. The van der Waals surface area contributed by atoms with E-state index in [0.717, 1.165) is 10.4 Å². The zero-order valence-corrected chi connectivity index (χ0v) is 14.3. The van der Waals surface area contributed by atoms with E-state index in [-0.39, 0.29) is 5.91 Å². The minimum atomic E-state index is -0.166. The quantitative estimate of drug-likeness (QED) is 0.684. The summed E-state index contributed by atoms with van der Waals surface area (Å²) in [6, 6.07) is 14.6. The lowest BCUT2D eigenvalue weighted by molar-refractivity contribution is 0.102. The topological polar surface area (TPSA) is 42.0 Å². The summed E-state index contributed by atoms with van der Waals surface area (Å²) < 4.78 is 0. The van der Waals surface area contributed by atoms with E-state index in [1.54, 1.807) is 24.4 Å². The SMILES string of the molecule is O=C(Nc1ncc(Cc2ccc(Cl)c(Cl)c2)s1)c1ccccc1. The highest BCUT2D eigenvalue weighted by atomic mass is 35.5. The summed E-state index contributed by atoms with van der Waals surface area (Å²) in [5, 5.41) is 4.46. The summed E-state index contributed by atoms with van der Waals surface area (Å²) in [5.74, 6) is -0.166. The summed E-state index contributed by atoms with van der Waals surface area (Å²) >= 11 is 13.4. The molecule has 1 N–H and O–H groups in total. The largest absolute Gasteiger partial charge is 0.298 e. The van der Waals surface area contributed by atoms with Crippen molar-refractivity contribution in [3.8, 4) is 0 Å². The van der Waals surface area contributed by atoms with Crippen LogP contribution >= 0.6 is 34.5 Å². The predicted octanol–water partition coefficient (Wildman–Crippen LogP) is 5.29. The van der Waals surface area contributed by atoms with Gasteiger partial charge in [0.05, 0.1) is 10.0 Å². The Labute approximate surface area is 147 Å². The number of thiazole rings is 1. The Balaban J connectivity index is 1.68. The molecule has 3 aromatic rings. The number of aromatic nitrogens is 1. The molecule has 2 aromatic carbocycles. The lowest BCUT2D eigenvalue weighted by Crippen LogP contribution is -2.11. The van der Waals surface area contributed by atoms with Gasteiger partial charge < -0.3 is 0 Å². The number of amides is 1. The number of hydrogen-bond acceptors (Lipinski definition) is 3. The molecule has 23 heavy (non-hydrogen) atoms. The van der Waals surface area contributed by atoms with Crippen LogP contribution in [0.2, 0.25) is 10.0 Å².